The van der Waals surface area contributed by atoms with E-state index in [1.54, 1.807) is 6.33 Å². The van der Waals surface area contributed by atoms with Crippen LogP contribution in [-0.4, -0.2) is 35.1 Å². The molecule has 1 aliphatic heterocycles. The average Bonchev–Trinajstić information content (AvgIpc) is 2.17. The van der Waals surface area contributed by atoms with E-state index in [9.17, 15) is 0 Å². The molecule has 0 saturated carbocycles. The van der Waals surface area contributed by atoms with Gasteiger partial charge in [-0.3, -0.25) is 0 Å². The smallest absolute Gasteiger partial charge is 0.145 e. The molecule has 0 bridgehead atoms. The number of anilines is 1. The van der Waals surface area contributed by atoms with Crippen LogP contribution in [0.15, 0.2) is 12.5 Å². The van der Waals surface area contributed by atoms with Gasteiger partial charge in [-0.15, -0.1) is 0 Å². The molecule has 2 rings (SSSR count). The third kappa shape index (κ3) is 2.57. The van der Waals surface area contributed by atoms with Crippen LogP contribution in [0.2, 0.25) is 0 Å². The molecule has 1 N–H and O–H groups in total. The van der Waals surface area contributed by atoms with Crippen molar-refractivity contribution in [2.75, 3.05) is 24.5 Å². The summed E-state index contributed by atoms with van der Waals surface area (Å²) in [5.41, 5.74) is 0.159. The van der Waals surface area contributed by atoms with Crippen LogP contribution in [0.5, 0.6) is 0 Å². The Kier molecular flexibility index (Phi) is 3.11. The molecule has 0 aliphatic carbocycles. The molecule has 0 aromatic carbocycles. The zero-order valence-electron chi connectivity index (χ0n) is 9.00. The van der Waals surface area contributed by atoms with Crippen LogP contribution < -0.4 is 10.2 Å². The van der Waals surface area contributed by atoms with E-state index < -0.39 is 0 Å². The highest BCUT2D eigenvalue weighted by molar-refractivity contribution is 14.1. The fourth-order valence-corrected chi connectivity index (χ4v) is 2.50. The van der Waals surface area contributed by atoms with Crippen molar-refractivity contribution in [1.82, 2.24) is 15.3 Å². The number of hydrogen-bond acceptors (Lipinski definition) is 4. The van der Waals surface area contributed by atoms with E-state index in [1.165, 1.54) is 0 Å². The van der Waals surface area contributed by atoms with Crippen LogP contribution in [0.25, 0.3) is 0 Å². The van der Waals surface area contributed by atoms with E-state index in [2.05, 4.69) is 56.6 Å². The molecule has 1 fully saturated rings. The molecule has 0 unspecified atom stereocenters. The zero-order chi connectivity index (χ0) is 10.9. The maximum Gasteiger partial charge on any atom is 0.145 e. The largest absolute Gasteiger partial charge is 0.353 e. The highest BCUT2D eigenvalue weighted by atomic mass is 127. The van der Waals surface area contributed by atoms with Gasteiger partial charge in [-0.1, -0.05) is 0 Å². The normalized spacial score (nSPS) is 20.3. The van der Waals surface area contributed by atoms with Crippen LogP contribution in [0.4, 0.5) is 5.82 Å². The minimum Gasteiger partial charge on any atom is -0.353 e. The predicted octanol–water partition coefficient (Wildman–Crippen LogP) is 1.27. The van der Waals surface area contributed by atoms with Crippen molar-refractivity contribution < 1.29 is 0 Å². The molecule has 15 heavy (non-hydrogen) atoms. The summed E-state index contributed by atoms with van der Waals surface area (Å²) in [7, 11) is 0. The summed E-state index contributed by atoms with van der Waals surface area (Å²) in [5, 5.41) is 3.49. The Labute approximate surface area is 104 Å². The molecule has 0 amide bonds. The first-order valence-electron chi connectivity index (χ1n) is 5.04. The van der Waals surface area contributed by atoms with Gasteiger partial charge in [-0.05, 0) is 36.4 Å². The topological polar surface area (TPSA) is 41.1 Å². The molecule has 1 aromatic heterocycles. The Morgan fingerprint density at radius 3 is 3.00 bits per heavy atom. The summed E-state index contributed by atoms with van der Waals surface area (Å²) in [4.78, 5) is 10.7. The summed E-state index contributed by atoms with van der Waals surface area (Å²) < 4.78 is 1.12. The lowest BCUT2D eigenvalue weighted by molar-refractivity contribution is 0.351. The Hall–Kier alpha value is -0.430. The van der Waals surface area contributed by atoms with Gasteiger partial charge in [0.05, 0.1) is 3.57 Å². The fourth-order valence-electron chi connectivity index (χ4n) is 1.86. The molecule has 4 nitrogen and oxygen atoms in total. The van der Waals surface area contributed by atoms with Crippen LogP contribution in [-0.2, 0) is 0 Å². The molecule has 0 radical (unpaired) electrons. The van der Waals surface area contributed by atoms with E-state index in [0.717, 1.165) is 29.0 Å². The van der Waals surface area contributed by atoms with Gasteiger partial charge in [0.15, 0.2) is 0 Å². The molecular weight excluding hydrogens is 303 g/mol. The quantitative estimate of drug-likeness (QED) is 0.792. The van der Waals surface area contributed by atoms with Gasteiger partial charge in [0.1, 0.15) is 12.1 Å². The monoisotopic (exact) mass is 318 g/mol. The molecule has 0 spiro atoms. The van der Waals surface area contributed by atoms with Crippen molar-refractivity contribution in [2.45, 2.75) is 19.4 Å². The number of nitrogens with one attached hydrogen (secondary N) is 1. The van der Waals surface area contributed by atoms with Crippen LogP contribution in [0.1, 0.15) is 13.8 Å². The molecule has 2 heterocycles. The van der Waals surface area contributed by atoms with Crippen molar-refractivity contribution in [3.05, 3.63) is 16.1 Å². The maximum atomic E-state index is 4.35. The minimum atomic E-state index is 0.159. The first kappa shape index (κ1) is 11.1. The van der Waals surface area contributed by atoms with Crippen molar-refractivity contribution in [2.24, 2.45) is 0 Å². The number of rotatable bonds is 1. The number of nitrogens with zero attached hydrogens (tertiary/aromatic N) is 3. The van der Waals surface area contributed by atoms with E-state index in [4.69, 9.17) is 0 Å². The highest BCUT2D eigenvalue weighted by Gasteiger charge is 2.27. The van der Waals surface area contributed by atoms with Crippen molar-refractivity contribution in [1.29, 1.82) is 0 Å². The second-order valence-electron chi connectivity index (χ2n) is 4.43. The van der Waals surface area contributed by atoms with Crippen molar-refractivity contribution >= 4 is 28.4 Å². The van der Waals surface area contributed by atoms with Gasteiger partial charge >= 0.3 is 0 Å². The number of halogens is 1. The highest BCUT2D eigenvalue weighted by Crippen LogP contribution is 2.21. The Balaban J connectivity index is 2.21. The predicted molar refractivity (Wildman–Crippen MR) is 69.0 cm³/mol. The van der Waals surface area contributed by atoms with E-state index in [0.29, 0.717) is 0 Å². The molecule has 0 atom stereocenters. The van der Waals surface area contributed by atoms with Gasteiger partial charge in [0.2, 0.25) is 0 Å². The van der Waals surface area contributed by atoms with Crippen LogP contribution >= 0.6 is 22.6 Å². The summed E-state index contributed by atoms with van der Waals surface area (Å²) in [6.07, 6.45) is 3.48. The van der Waals surface area contributed by atoms with Gasteiger partial charge in [-0.25, -0.2) is 9.97 Å². The van der Waals surface area contributed by atoms with E-state index in [1.807, 2.05) is 6.20 Å². The summed E-state index contributed by atoms with van der Waals surface area (Å²) in [6, 6.07) is 0. The molecule has 1 aliphatic rings. The lowest BCUT2D eigenvalue weighted by Gasteiger charge is -2.39. The second-order valence-corrected chi connectivity index (χ2v) is 5.59. The number of piperazine rings is 1. The summed E-state index contributed by atoms with van der Waals surface area (Å²) in [6.45, 7) is 7.43. The van der Waals surface area contributed by atoms with Crippen molar-refractivity contribution in [3.63, 3.8) is 0 Å². The summed E-state index contributed by atoms with van der Waals surface area (Å²) in [5.74, 6) is 1.06. The lowest BCUT2D eigenvalue weighted by atomic mass is 10.0. The van der Waals surface area contributed by atoms with Crippen LogP contribution in [0, 0.1) is 3.57 Å². The first-order chi connectivity index (χ1) is 7.08. The number of aromatic nitrogens is 2. The molecule has 1 aromatic rings. The van der Waals surface area contributed by atoms with Gasteiger partial charge in [0, 0.05) is 31.4 Å². The Bertz CT molecular complexity index is 353. The fraction of sp³-hybridized carbons (Fsp3) is 0.600. The second kappa shape index (κ2) is 4.21. The van der Waals surface area contributed by atoms with Gasteiger partial charge < -0.3 is 10.2 Å². The molecule has 1 saturated heterocycles. The molecular formula is C10H15IN4. The lowest BCUT2D eigenvalue weighted by Crippen LogP contribution is -2.57. The first-order valence-corrected chi connectivity index (χ1v) is 6.12. The standard InChI is InChI=1S/C10H15IN4/c1-10(2)6-15(4-3-14-10)9-8(11)5-12-7-13-9/h5,7,14H,3-4,6H2,1-2H3. The average molecular weight is 318 g/mol. The van der Waals surface area contributed by atoms with Gasteiger partial charge in [0.25, 0.3) is 0 Å². The van der Waals surface area contributed by atoms with E-state index in [-0.39, 0.29) is 5.54 Å². The van der Waals surface area contributed by atoms with E-state index >= 15 is 0 Å². The third-order valence-corrected chi connectivity index (χ3v) is 3.28. The SMILES string of the molecule is CC1(C)CN(c2ncncc2I)CCN1. The van der Waals surface area contributed by atoms with Gasteiger partial charge in [-0.2, -0.15) is 0 Å². The minimum absolute atomic E-state index is 0.159. The summed E-state index contributed by atoms with van der Waals surface area (Å²) >= 11 is 2.29. The molecule has 82 valence electrons. The third-order valence-electron chi connectivity index (χ3n) is 2.52. The Morgan fingerprint density at radius 1 is 1.53 bits per heavy atom. The number of hydrogen-bond donors (Lipinski definition) is 1. The maximum absolute atomic E-state index is 4.35. The Morgan fingerprint density at radius 2 is 2.33 bits per heavy atom. The van der Waals surface area contributed by atoms with Crippen molar-refractivity contribution in [3.8, 4) is 0 Å². The zero-order valence-corrected chi connectivity index (χ0v) is 11.2. The molecule has 5 heteroatoms. The van der Waals surface area contributed by atoms with Crippen LogP contribution in [0.3, 0.4) is 0 Å².